The van der Waals surface area contributed by atoms with Crippen LogP contribution in [-0.4, -0.2) is 25.4 Å². The first-order valence-corrected chi connectivity index (χ1v) is 7.75. The Morgan fingerprint density at radius 1 is 1.32 bits per heavy atom. The van der Waals surface area contributed by atoms with Gasteiger partial charge in [-0.3, -0.25) is 4.68 Å². The number of rotatable bonds is 2. The molecule has 4 rings (SSSR count). The van der Waals surface area contributed by atoms with Gasteiger partial charge in [0, 0.05) is 24.7 Å². The maximum absolute atomic E-state index is 11.3. The normalized spacial score (nSPS) is 21.9. The first-order valence-electron chi connectivity index (χ1n) is 7.75. The second kappa shape index (κ2) is 4.60. The van der Waals surface area contributed by atoms with Crippen LogP contribution >= 0.6 is 0 Å². The Morgan fingerprint density at radius 3 is 2.82 bits per heavy atom. The zero-order chi connectivity index (χ0) is 15.4. The number of carbonyl (C=O) groups is 1. The van der Waals surface area contributed by atoms with Crippen molar-refractivity contribution in [3.05, 3.63) is 30.0 Å². The molecular formula is C17H19N3O2. The van der Waals surface area contributed by atoms with Crippen molar-refractivity contribution < 1.29 is 9.90 Å². The van der Waals surface area contributed by atoms with E-state index in [9.17, 15) is 9.90 Å². The molecule has 22 heavy (non-hydrogen) atoms. The van der Waals surface area contributed by atoms with Gasteiger partial charge in [-0.2, -0.15) is 5.10 Å². The monoisotopic (exact) mass is 297 g/mol. The predicted octanol–water partition coefficient (Wildman–Crippen LogP) is 3.59. The van der Waals surface area contributed by atoms with Crippen LogP contribution in [0.5, 0.6) is 0 Å². The Balaban J connectivity index is 2.02. The van der Waals surface area contributed by atoms with Crippen LogP contribution in [0.15, 0.2) is 24.4 Å². The molecule has 1 saturated carbocycles. The highest BCUT2D eigenvalue weighted by molar-refractivity contribution is 6.08. The molecule has 1 fully saturated rings. The molecule has 0 radical (unpaired) electrons. The second-order valence-electron chi connectivity index (χ2n) is 6.52. The summed E-state index contributed by atoms with van der Waals surface area (Å²) in [5.41, 5.74) is 3.43. The fourth-order valence-electron chi connectivity index (χ4n) is 3.85. The van der Waals surface area contributed by atoms with Gasteiger partial charge in [-0.15, -0.1) is 0 Å². The summed E-state index contributed by atoms with van der Waals surface area (Å²) in [5.74, 6) is -0.152. The van der Waals surface area contributed by atoms with Crippen LogP contribution in [-0.2, 0) is 7.05 Å². The quantitative estimate of drug-likeness (QED) is 0.786. The molecule has 114 valence electrons. The molecule has 0 amide bonds. The minimum atomic E-state index is -0.895. The molecule has 0 spiro atoms. The Morgan fingerprint density at radius 2 is 2.14 bits per heavy atom. The van der Waals surface area contributed by atoms with Crippen molar-refractivity contribution in [3.8, 4) is 0 Å². The van der Waals surface area contributed by atoms with Crippen LogP contribution in [0.4, 0.5) is 0 Å². The molecule has 0 saturated heterocycles. The SMILES string of the molecule is C[C@H]1CC[C@H](n2c3ccc(C(=O)O)cc3c3nn(C)cc32)C1. The van der Waals surface area contributed by atoms with Gasteiger partial charge in [0.25, 0.3) is 0 Å². The number of fused-ring (bicyclic) bond motifs is 3. The largest absolute Gasteiger partial charge is 0.478 e. The van der Waals surface area contributed by atoms with E-state index in [1.165, 1.54) is 19.3 Å². The van der Waals surface area contributed by atoms with Crippen molar-refractivity contribution in [2.45, 2.75) is 32.2 Å². The third-order valence-electron chi connectivity index (χ3n) is 4.86. The summed E-state index contributed by atoms with van der Waals surface area (Å²) < 4.78 is 4.18. The lowest BCUT2D eigenvalue weighted by atomic mass is 10.1. The maximum atomic E-state index is 11.3. The molecule has 0 aliphatic heterocycles. The van der Waals surface area contributed by atoms with Crippen LogP contribution in [0.3, 0.4) is 0 Å². The standard InChI is InChI=1S/C17H19N3O2/c1-10-3-5-12(7-10)20-14-6-4-11(17(21)22)8-13(14)16-15(20)9-19(2)18-16/h4,6,8-10,12H,3,5,7H2,1-2H3,(H,21,22)/t10-,12-/m0/s1. The van der Waals surface area contributed by atoms with Crippen LogP contribution in [0, 0.1) is 5.92 Å². The summed E-state index contributed by atoms with van der Waals surface area (Å²) in [5, 5.41) is 14.7. The number of carboxylic acids is 1. The smallest absolute Gasteiger partial charge is 0.335 e. The molecule has 1 N–H and O–H groups in total. The molecule has 2 heterocycles. The summed E-state index contributed by atoms with van der Waals surface area (Å²) in [6.45, 7) is 2.30. The summed E-state index contributed by atoms with van der Waals surface area (Å²) in [4.78, 5) is 11.3. The number of nitrogens with zero attached hydrogens (tertiary/aromatic N) is 3. The number of benzene rings is 1. The van der Waals surface area contributed by atoms with Crippen molar-refractivity contribution in [1.29, 1.82) is 0 Å². The highest BCUT2D eigenvalue weighted by Gasteiger charge is 2.27. The van der Waals surface area contributed by atoms with Gasteiger partial charge in [-0.25, -0.2) is 4.79 Å². The minimum Gasteiger partial charge on any atom is -0.478 e. The lowest BCUT2D eigenvalue weighted by molar-refractivity contribution is 0.0697. The van der Waals surface area contributed by atoms with Crippen LogP contribution in [0.2, 0.25) is 0 Å². The lowest BCUT2D eigenvalue weighted by Gasteiger charge is -2.15. The molecule has 1 aromatic carbocycles. The lowest BCUT2D eigenvalue weighted by Crippen LogP contribution is -2.05. The van der Waals surface area contributed by atoms with E-state index in [2.05, 4.69) is 16.6 Å². The van der Waals surface area contributed by atoms with E-state index in [0.29, 0.717) is 11.6 Å². The molecule has 1 aliphatic rings. The third kappa shape index (κ3) is 1.85. The number of aryl methyl sites for hydroxylation is 1. The minimum absolute atomic E-state index is 0.317. The Kier molecular flexibility index (Phi) is 2.79. The molecule has 2 aromatic heterocycles. The summed E-state index contributed by atoms with van der Waals surface area (Å²) in [6.07, 6.45) is 5.64. The highest BCUT2D eigenvalue weighted by atomic mass is 16.4. The number of hydrogen-bond donors (Lipinski definition) is 1. The summed E-state index contributed by atoms with van der Waals surface area (Å²) >= 11 is 0. The van der Waals surface area contributed by atoms with Gasteiger partial charge in [-0.05, 0) is 43.4 Å². The van der Waals surface area contributed by atoms with E-state index < -0.39 is 5.97 Å². The fourth-order valence-corrected chi connectivity index (χ4v) is 3.85. The zero-order valence-electron chi connectivity index (χ0n) is 12.8. The van der Waals surface area contributed by atoms with Crippen molar-refractivity contribution in [2.24, 2.45) is 13.0 Å². The van der Waals surface area contributed by atoms with E-state index in [0.717, 1.165) is 27.9 Å². The van der Waals surface area contributed by atoms with E-state index in [4.69, 9.17) is 0 Å². The van der Waals surface area contributed by atoms with Gasteiger partial charge in [0.1, 0.15) is 5.52 Å². The molecular weight excluding hydrogens is 278 g/mol. The van der Waals surface area contributed by atoms with E-state index in [-0.39, 0.29) is 0 Å². The number of carboxylic acid groups (broad SMARTS) is 1. The third-order valence-corrected chi connectivity index (χ3v) is 4.86. The number of aromatic nitrogens is 3. The Hall–Kier alpha value is -2.30. The van der Waals surface area contributed by atoms with Gasteiger partial charge in [0.2, 0.25) is 0 Å². The van der Waals surface area contributed by atoms with Gasteiger partial charge in [0.05, 0.1) is 16.6 Å². The van der Waals surface area contributed by atoms with E-state index in [1.54, 1.807) is 12.1 Å². The first-order chi connectivity index (χ1) is 10.5. The van der Waals surface area contributed by atoms with Gasteiger partial charge in [-0.1, -0.05) is 6.92 Å². The second-order valence-corrected chi connectivity index (χ2v) is 6.52. The molecule has 5 nitrogen and oxygen atoms in total. The topological polar surface area (TPSA) is 60.1 Å². The molecule has 5 heteroatoms. The Labute approximate surface area is 128 Å². The van der Waals surface area contributed by atoms with Crippen LogP contribution in [0.25, 0.3) is 21.9 Å². The molecule has 2 atom stereocenters. The Bertz CT molecular complexity index is 890. The van der Waals surface area contributed by atoms with Crippen molar-refractivity contribution in [1.82, 2.24) is 14.3 Å². The summed E-state index contributed by atoms with van der Waals surface area (Å²) in [7, 11) is 1.91. The molecule has 0 unspecified atom stereocenters. The molecule has 3 aromatic rings. The zero-order valence-corrected chi connectivity index (χ0v) is 12.8. The average molecular weight is 297 g/mol. The van der Waals surface area contributed by atoms with Crippen molar-refractivity contribution in [2.75, 3.05) is 0 Å². The van der Waals surface area contributed by atoms with E-state index in [1.807, 2.05) is 24.0 Å². The number of aromatic carboxylic acids is 1. The van der Waals surface area contributed by atoms with E-state index >= 15 is 0 Å². The van der Waals surface area contributed by atoms with Gasteiger partial charge in [0.15, 0.2) is 0 Å². The molecule has 1 aliphatic carbocycles. The van der Waals surface area contributed by atoms with Gasteiger partial charge < -0.3 is 9.67 Å². The molecule has 0 bridgehead atoms. The predicted molar refractivity (Wildman–Crippen MR) is 85.2 cm³/mol. The van der Waals surface area contributed by atoms with Crippen molar-refractivity contribution >= 4 is 27.9 Å². The fraction of sp³-hybridized carbons (Fsp3) is 0.412. The van der Waals surface area contributed by atoms with Crippen LogP contribution < -0.4 is 0 Å². The highest BCUT2D eigenvalue weighted by Crippen LogP contribution is 2.40. The number of hydrogen-bond acceptors (Lipinski definition) is 2. The first kappa shape index (κ1) is 13.4. The summed E-state index contributed by atoms with van der Waals surface area (Å²) in [6, 6.07) is 5.86. The van der Waals surface area contributed by atoms with Gasteiger partial charge >= 0.3 is 5.97 Å². The maximum Gasteiger partial charge on any atom is 0.335 e. The van der Waals surface area contributed by atoms with Crippen LogP contribution in [0.1, 0.15) is 42.6 Å². The van der Waals surface area contributed by atoms with Crippen molar-refractivity contribution in [3.63, 3.8) is 0 Å². The average Bonchev–Trinajstić information content (AvgIpc) is 3.12.